The predicted molar refractivity (Wildman–Crippen MR) is 115 cm³/mol. The van der Waals surface area contributed by atoms with E-state index in [0.717, 1.165) is 28.0 Å². The summed E-state index contributed by atoms with van der Waals surface area (Å²) in [4.78, 5) is 19.6. The Bertz CT molecular complexity index is 1470. The number of alkyl halides is 2. The predicted octanol–water partition coefficient (Wildman–Crippen LogP) is 3.88. The first-order chi connectivity index (χ1) is 16.0. The summed E-state index contributed by atoms with van der Waals surface area (Å²) in [5.41, 5.74) is 3.97. The number of ether oxygens (including phenoxy) is 1. The molecule has 7 nitrogen and oxygen atoms in total. The smallest absolute Gasteiger partial charge is 0.387 e. The lowest BCUT2D eigenvalue weighted by atomic mass is 9.97. The molecule has 0 spiro atoms. The van der Waals surface area contributed by atoms with E-state index in [1.165, 1.54) is 6.07 Å². The van der Waals surface area contributed by atoms with Crippen LogP contribution in [0.1, 0.15) is 51.4 Å². The first-order valence-electron chi connectivity index (χ1n) is 10.4. The van der Waals surface area contributed by atoms with Crippen LogP contribution in [0.15, 0.2) is 48.8 Å². The standard InChI is InChI=1S/C24H17F2N5O2/c1-30-19-10-18(21-15(23(30)32)3-2-4-20(21)33-24(25)26)31-17-9-13(5-6-14-11-27-28-12-14)7-8-16(17)29-22(19)31/h2-4,7-9,11-12,18-19,24H,10H2,1H3,(H,27,28)/t18-,19-/m1/s1. The summed E-state index contributed by atoms with van der Waals surface area (Å²) in [6, 6.07) is 9.77. The highest BCUT2D eigenvalue weighted by Gasteiger charge is 2.44. The van der Waals surface area contributed by atoms with Crippen LogP contribution < -0.4 is 4.74 Å². The first kappa shape index (κ1) is 19.5. The van der Waals surface area contributed by atoms with Gasteiger partial charge in [0, 0.05) is 36.4 Å². The number of rotatable bonds is 2. The van der Waals surface area contributed by atoms with Crippen molar-refractivity contribution in [1.82, 2.24) is 24.6 Å². The molecule has 1 amide bonds. The molecule has 4 heterocycles. The van der Waals surface area contributed by atoms with Crippen LogP contribution in [0.25, 0.3) is 11.0 Å². The largest absolute Gasteiger partial charge is 0.434 e. The molecule has 0 saturated heterocycles. The van der Waals surface area contributed by atoms with E-state index in [0.29, 0.717) is 17.5 Å². The lowest BCUT2D eigenvalue weighted by Gasteiger charge is -2.24. The number of amides is 1. The molecule has 0 saturated carbocycles. The zero-order chi connectivity index (χ0) is 22.7. The summed E-state index contributed by atoms with van der Waals surface area (Å²) < 4.78 is 33.3. The van der Waals surface area contributed by atoms with E-state index in [4.69, 9.17) is 9.72 Å². The number of carbonyl (C=O) groups excluding carboxylic acids is 1. The van der Waals surface area contributed by atoms with Gasteiger partial charge in [-0.1, -0.05) is 17.9 Å². The van der Waals surface area contributed by atoms with Gasteiger partial charge in [-0.3, -0.25) is 9.89 Å². The van der Waals surface area contributed by atoms with E-state index in [1.54, 1.807) is 36.5 Å². The number of halogens is 2. The average Bonchev–Trinajstić information content (AvgIpc) is 3.51. The van der Waals surface area contributed by atoms with Crippen molar-refractivity contribution in [2.24, 2.45) is 0 Å². The molecule has 0 fully saturated rings. The van der Waals surface area contributed by atoms with Crippen molar-refractivity contribution in [3.63, 3.8) is 0 Å². The third-order valence-corrected chi connectivity index (χ3v) is 6.26. The minimum Gasteiger partial charge on any atom is -0.434 e. The lowest BCUT2D eigenvalue weighted by molar-refractivity contribution is -0.0507. The van der Waals surface area contributed by atoms with Gasteiger partial charge in [0.1, 0.15) is 11.6 Å². The highest BCUT2D eigenvalue weighted by Crippen LogP contribution is 2.49. The van der Waals surface area contributed by atoms with Gasteiger partial charge in [-0.25, -0.2) is 4.98 Å². The number of aromatic nitrogens is 4. The topological polar surface area (TPSA) is 76.0 Å². The van der Waals surface area contributed by atoms with Gasteiger partial charge in [0.15, 0.2) is 0 Å². The second-order valence-corrected chi connectivity index (χ2v) is 8.06. The van der Waals surface area contributed by atoms with Gasteiger partial charge in [-0.2, -0.15) is 13.9 Å². The van der Waals surface area contributed by atoms with Gasteiger partial charge in [-0.05, 0) is 30.3 Å². The summed E-state index contributed by atoms with van der Waals surface area (Å²) >= 11 is 0. The molecule has 0 radical (unpaired) electrons. The molecule has 2 atom stereocenters. The third kappa shape index (κ3) is 2.98. The average molecular weight is 445 g/mol. The van der Waals surface area contributed by atoms with Crippen LogP contribution in [-0.4, -0.2) is 44.2 Å². The van der Waals surface area contributed by atoms with Gasteiger partial charge in [0.05, 0.1) is 34.9 Å². The van der Waals surface area contributed by atoms with Gasteiger partial charge >= 0.3 is 6.61 Å². The van der Waals surface area contributed by atoms with Crippen molar-refractivity contribution < 1.29 is 18.3 Å². The number of hydrogen-bond donors (Lipinski definition) is 1. The second-order valence-electron chi connectivity index (χ2n) is 8.06. The zero-order valence-electron chi connectivity index (χ0n) is 17.4. The lowest BCUT2D eigenvalue weighted by Crippen LogP contribution is -2.30. The molecule has 9 heteroatoms. The van der Waals surface area contributed by atoms with Gasteiger partial charge in [0.2, 0.25) is 0 Å². The fourth-order valence-electron chi connectivity index (χ4n) is 4.82. The van der Waals surface area contributed by atoms with E-state index in [-0.39, 0.29) is 23.7 Å². The third-order valence-electron chi connectivity index (χ3n) is 6.26. The van der Waals surface area contributed by atoms with Gasteiger partial charge in [0.25, 0.3) is 5.91 Å². The quantitative estimate of drug-likeness (QED) is 0.475. The van der Waals surface area contributed by atoms with E-state index >= 15 is 0 Å². The highest BCUT2D eigenvalue weighted by atomic mass is 19.3. The van der Waals surface area contributed by atoms with E-state index < -0.39 is 6.61 Å². The fourth-order valence-corrected chi connectivity index (χ4v) is 4.82. The van der Waals surface area contributed by atoms with E-state index in [9.17, 15) is 13.6 Å². The first-order valence-corrected chi connectivity index (χ1v) is 10.4. The molecular formula is C24H17F2N5O2. The number of hydrogen-bond acceptors (Lipinski definition) is 4. The summed E-state index contributed by atoms with van der Waals surface area (Å²) in [6.07, 6.45) is 3.88. The number of fused-ring (bicyclic) bond motifs is 9. The van der Waals surface area contributed by atoms with Crippen LogP contribution in [0, 0.1) is 11.8 Å². The maximum absolute atomic E-state index is 13.2. The van der Waals surface area contributed by atoms with Crippen molar-refractivity contribution in [3.05, 3.63) is 76.9 Å². The van der Waals surface area contributed by atoms with Crippen molar-refractivity contribution >= 4 is 16.9 Å². The van der Waals surface area contributed by atoms with Crippen LogP contribution in [0.5, 0.6) is 5.75 Å². The summed E-state index contributed by atoms with van der Waals surface area (Å²) in [5, 5.41) is 6.62. The Morgan fingerprint density at radius 3 is 2.82 bits per heavy atom. The normalized spacial score (nSPS) is 18.7. The van der Waals surface area contributed by atoms with Gasteiger partial charge < -0.3 is 14.2 Å². The summed E-state index contributed by atoms with van der Waals surface area (Å²) in [7, 11) is 1.72. The number of benzene rings is 2. The maximum Gasteiger partial charge on any atom is 0.387 e. The maximum atomic E-state index is 13.2. The molecule has 2 aromatic heterocycles. The minimum absolute atomic E-state index is 0.0144. The van der Waals surface area contributed by atoms with Crippen LogP contribution in [0.3, 0.4) is 0 Å². The Labute approximate surface area is 187 Å². The fraction of sp³-hybridized carbons (Fsp3) is 0.208. The summed E-state index contributed by atoms with van der Waals surface area (Å²) in [6.45, 7) is -2.99. The Kier molecular flexibility index (Phi) is 4.23. The molecule has 2 aliphatic rings. The Morgan fingerprint density at radius 1 is 1.18 bits per heavy atom. The number of imidazole rings is 1. The van der Waals surface area contributed by atoms with Crippen molar-refractivity contribution in [2.45, 2.75) is 25.1 Å². The number of aromatic amines is 1. The Balaban J connectivity index is 1.55. The molecule has 0 unspecified atom stereocenters. The SMILES string of the molecule is CN1C(=O)c2cccc(OC(F)F)c2[C@H]2C[C@@H]1c1nc3ccc(C#Cc4cn[nH]c4)cc3n12. The van der Waals surface area contributed by atoms with Crippen LogP contribution in [0.2, 0.25) is 0 Å². The molecule has 0 aliphatic carbocycles. The molecule has 2 bridgehead atoms. The molecular weight excluding hydrogens is 428 g/mol. The van der Waals surface area contributed by atoms with Crippen molar-refractivity contribution in [3.8, 4) is 17.6 Å². The highest BCUT2D eigenvalue weighted by molar-refractivity contribution is 5.97. The number of nitrogens with one attached hydrogen (secondary N) is 1. The molecule has 6 rings (SSSR count). The molecule has 2 aromatic carbocycles. The number of H-pyrrole nitrogens is 1. The van der Waals surface area contributed by atoms with E-state index in [2.05, 4.69) is 22.0 Å². The minimum atomic E-state index is -2.99. The van der Waals surface area contributed by atoms with Crippen molar-refractivity contribution in [2.75, 3.05) is 7.05 Å². The monoisotopic (exact) mass is 445 g/mol. The Hall–Kier alpha value is -4.19. The molecule has 4 aromatic rings. The van der Waals surface area contributed by atoms with Gasteiger partial charge in [-0.15, -0.1) is 0 Å². The molecule has 164 valence electrons. The van der Waals surface area contributed by atoms with Crippen molar-refractivity contribution in [1.29, 1.82) is 0 Å². The molecule has 2 aliphatic heterocycles. The van der Waals surface area contributed by atoms with Crippen LogP contribution in [-0.2, 0) is 0 Å². The summed E-state index contributed by atoms with van der Waals surface area (Å²) in [5.74, 6) is 6.68. The zero-order valence-corrected chi connectivity index (χ0v) is 17.4. The second kappa shape index (κ2) is 7.17. The van der Waals surface area contributed by atoms with Crippen LogP contribution >= 0.6 is 0 Å². The number of carbonyl (C=O) groups is 1. The molecule has 1 N–H and O–H groups in total. The Morgan fingerprint density at radius 2 is 2.03 bits per heavy atom. The number of nitrogens with zero attached hydrogens (tertiary/aromatic N) is 4. The van der Waals surface area contributed by atoms with E-state index in [1.807, 2.05) is 22.8 Å². The molecule has 33 heavy (non-hydrogen) atoms. The van der Waals surface area contributed by atoms with Crippen LogP contribution in [0.4, 0.5) is 8.78 Å².